The van der Waals surface area contributed by atoms with Crippen LogP contribution in [0, 0.1) is 13.8 Å². The molecule has 22 heavy (non-hydrogen) atoms. The Labute approximate surface area is 126 Å². The number of fused-ring (bicyclic) bond motifs is 1. The molecule has 2 aromatic rings. The van der Waals surface area contributed by atoms with Gasteiger partial charge in [0.2, 0.25) is 0 Å². The van der Waals surface area contributed by atoms with Gasteiger partial charge in [-0.3, -0.25) is 0 Å². The summed E-state index contributed by atoms with van der Waals surface area (Å²) in [7, 11) is 0. The van der Waals surface area contributed by atoms with Gasteiger partial charge in [0.1, 0.15) is 5.82 Å². The van der Waals surface area contributed by atoms with Crippen molar-refractivity contribution in [1.82, 2.24) is 4.98 Å². The zero-order valence-electron chi connectivity index (χ0n) is 12.3. The van der Waals surface area contributed by atoms with Gasteiger partial charge in [0.15, 0.2) is 0 Å². The highest BCUT2D eigenvalue weighted by Gasteiger charge is 2.31. The predicted octanol–water partition coefficient (Wildman–Crippen LogP) is 4.71. The quantitative estimate of drug-likeness (QED) is 0.758. The number of rotatable bonds is 1. The summed E-state index contributed by atoms with van der Waals surface area (Å²) in [5, 5.41) is 0. The lowest BCUT2D eigenvalue weighted by Gasteiger charge is -2.27. The van der Waals surface area contributed by atoms with E-state index in [0.717, 1.165) is 12.3 Å². The van der Waals surface area contributed by atoms with Gasteiger partial charge in [-0.25, -0.2) is 4.98 Å². The molecular formula is C17H15F3N2. The topological polar surface area (TPSA) is 16.1 Å². The molecule has 0 spiro atoms. The molecule has 0 aliphatic carbocycles. The third kappa shape index (κ3) is 2.58. The van der Waals surface area contributed by atoms with E-state index in [-0.39, 0.29) is 0 Å². The third-order valence-corrected chi connectivity index (χ3v) is 3.93. The molecule has 1 aromatic heterocycles. The number of benzene rings is 1. The van der Waals surface area contributed by atoms with Gasteiger partial charge in [0.05, 0.1) is 5.56 Å². The average Bonchev–Trinajstić information content (AvgIpc) is 2.50. The van der Waals surface area contributed by atoms with E-state index in [1.807, 2.05) is 24.1 Å². The summed E-state index contributed by atoms with van der Waals surface area (Å²) in [6, 6.07) is 6.61. The van der Waals surface area contributed by atoms with E-state index >= 15 is 0 Å². The highest BCUT2D eigenvalue weighted by molar-refractivity contribution is 5.66. The highest BCUT2D eigenvalue weighted by Crippen LogP contribution is 2.31. The van der Waals surface area contributed by atoms with Crippen LogP contribution in [0.2, 0.25) is 0 Å². The maximum absolute atomic E-state index is 12.6. The van der Waals surface area contributed by atoms with E-state index in [1.54, 1.807) is 0 Å². The first-order valence-electron chi connectivity index (χ1n) is 6.93. The van der Waals surface area contributed by atoms with Crippen LogP contribution in [0.1, 0.15) is 27.8 Å². The minimum Gasteiger partial charge on any atom is -0.329 e. The molecule has 0 fully saturated rings. The fourth-order valence-electron chi connectivity index (χ4n) is 2.60. The number of aromatic nitrogens is 1. The first kappa shape index (κ1) is 14.6. The molecule has 0 atom stereocenters. The monoisotopic (exact) mass is 304 g/mol. The van der Waals surface area contributed by atoms with Crippen LogP contribution in [0.4, 0.5) is 19.0 Å². The molecule has 2 heterocycles. The maximum Gasteiger partial charge on any atom is 0.417 e. The number of hydrogen-bond donors (Lipinski definition) is 0. The summed E-state index contributed by atoms with van der Waals surface area (Å²) in [5.74, 6) is 0.510. The van der Waals surface area contributed by atoms with Crippen molar-refractivity contribution in [3.8, 4) is 0 Å². The Bertz CT molecular complexity index is 731. The van der Waals surface area contributed by atoms with E-state index in [4.69, 9.17) is 0 Å². The SMILES string of the molecule is Cc1ccc(C)c2c1C=CN(c1ccc(C(F)(F)F)cn1)C2. The Hall–Kier alpha value is -2.30. The van der Waals surface area contributed by atoms with Crippen molar-refractivity contribution in [3.63, 3.8) is 0 Å². The molecule has 0 N–H and O–H groups in total. The zero-order chi connectivity index (χ0) is 15.9. The van der Waals surface area contributed by atoms with E-state index in [2.05, 4.69) is 24.0 Å². The van der Waals surface area contributed by atoms with Crippen molar-refractivity contribution in [1.29, 1.82) is 0 Å². The van der Waals surface area contributed by atoms with Gasteiger partial charge in [0.25, 0.3) is 0 Å². The van der Waals surface area contributed by atoms with Gasteiger partial charge >= 0.3 is 6.18 Å². The minimum absolute atomic E-state index is 0.510. The largest absolute Gasteiger partial charge is 0.417 e. The second-order valence-electron chi connectivity index (χ2n) is 5.44. The fourth-order valence-corrected chi connectivity index (χ4v) is 2.60. The summed E-state index contributed by atoms with van der Waals surface area (Å²) in [6.45, 7) is 4.70. The Morgan fingerprint density at radius 2 is 1.77 bits per heavy atom. The minimum atomic E-state index is -4.36. The van der Waals surface area contributed by atoms with Crippen molar-refractivity contribution in [3.05, 3.63) is 64.5 Å². The van der Waals surface area contributed by atoms with Crippen molar-refractivity contribution < 1.29 is 13.2 Å². The van der Waals surface area contributed by atoms with Crippen LogP contribution in [0.25, 0.3) is 6.08 Å². The summed E-state index contributed by atoms with van der Waals surface area (Å²) in [5.41, 5.74) is 4.00. The third-order valence-electron chi connectivity index (χ3n) is 3.93. The summed E-state index contributed by atoms with van der Waals surface area (Å²) < 4.78 is 37.8. The zero-order valence-corrected chi connectivity index (χ0v) is 12.3. The molecule has 1 aliphatic heterocycles. The van der Waals surface area contributed by atoms with E-state index < -0.39 is 11.7 Å². The molecule has 0 radical (unpaired) electrons. The number of aryl methyl sites for hydroxylation is 2. The Kier molecular flexibility index (Phi) is 3.43. The average molecular weight is 304 g/mol. The smallest absolute Gasteiger partial charge is 0.329 e. The molecule has 2 nitrogen and oxygen atoms in total. The van der Waals surface area contributed by atoms with E-state index in [0.29, 0.717) is 12.4 Å². The van der Waals surface area contributed by atoms with Crippen molar-refractivity contribution >= 4 is 11.9 Å². The highest BCUT2D eigenvalue weighted by atomic mass is 19.4. The van der Waals surface area contributed by atoms with Crippen molar-refractivity contribution in [2.45, 2.75) is 26.6 Å². The van der Waals surface area contributed by atoms with Crippen LogP contribution in [-0.4, -0.2) is 4.98 Å². The molecule has 1 aromatic carbocycles. The molecule has 0 unspecified atom stereocenters. The van der Waals surface area contributed by atoms with Crippen molar-refractivity contribution in [2.75, 3.05) is 4.90 Å². The molecule has 0 bridgehead atoms. The second kappa shape index (κ2) is 5.16. The first-order valence-corrected chi connectivity index (χ1v) is 6.93. The van der Waals surface area contributed by atoms with Crippen LogP contribution >= 0.6 is 0 Å². The Balaban J connectivity index is 1.91. The maximum atomic E-state index is 12.6. The molecule has 0 amide bonds. The standard InChI is InChI=1S/C17H15F3N2/c1-11-3-4-12(2)15-10-22(8-7-14(11)15)16-6-5-13(9-21-16)17(18,19)20/h3-9H,10H2,1-2H3. The number of alkyl halides is 3. The van der Waals surface area contributed by atoms with Crippen LogP contribution in [0.3, 0.4) is 0 Å². The Morgan fingerprint density at radius 3 is 2.41 bits per heavy atom. The number of nitrogens with zero attached hydrogens (tertiary/aromatic N) is 2. The lowest BCUT2D eigenvalue weighted by atomic mass is 9.95. The van der Waals surface area contributed by atoms with Gasteiger partial charge in [-0.2, -0.15) is 13.2 Å². The lowest BCUT2D eigenvalue weighted by Crippen LogP contribution is -2.21. The Morgan fingerprint density at radius 1 is 1.05 bits per heavy atom. The molecular weight excluding hydrogens is 289 g/mol. The number of anilines is 1. The summed E-state index contributed by atoms with van der Waals surface area (Å²) in [6.07, 6.45) is 0.371. The normalized spacial score (nSPS) is 14.1. The summed E-state index contributed by atoms with van der Waals surface area (Å²) >= 11 is 0. The number of hydrogen-bond acceptors (Lipinski definition) is 2. The van der Waals surface area contributed by atoms with Crippen LogP contribution in [0.5, 0.6) is 0 Å². The van der Waals surface area contributed by atoms with Crippen LogP contribution < -0.4 is 4.90 Å². The molecule has 5 heteroatoms. The lowest BCUT2D eigenvalue weighted by molar-refractivity contribution is -0.137. The number of pyridine rings is 1. The number of halogens is 3. The van der Waals surface area contributed by atoms with Crippen LogP contribution in [-0.2, 0) is 12.7 Å². The van der Waals surface area contributed by atoms with Crippen LogP contribution in [0.15, 0.2) is 36.7 Å². The van der Waals surface area contributed by atoms with Gasteiger partial charge in [-0.15, -0.1) is 0 Å². The van der Waals surface area contributed by atoms with E-state index in [1.165, 1.54) is 28.3 Å². The summed E-state index contributed by atoms with van der Waals surface area (Å²) in [4.78, 5) is 5.80. The first-order chi connectivity index (χ1) is 10.4. The fraction of sp³-hybridized carbons (Fsp3) is 0.235. The van der Waals surface area contributed by atoms with Crippen molar-refractivity contribution in [2.24, 2.45) is 0 Å². The predicted molar refractivity (Wildman–Crippen MR) is 80.4 cm³/mol. The molecule has 0 saturated heterocycles. The van der Waals surface area contributed by atoms with Gasteiger partial charge < -0.3 is 4.90 Å². The molecule has 114 valence electrons. The van der Waals surface area contributed by atoms with E-state index in [9.17, 15) is 13.2 Å². The van der Waals surface area contributed by atoms with Gasteiger partial charge in [-0.05, 0) is 54.3 Å². The molecule has 3 rings (SSSR count). The molecule has 1 aliphatic rings. The molecule has 0 saturated carbocycles. The second-order valence-corrected chi connectivity index (χ2v) is 5.44. The van der Waals surface area contributed by atoms with Gasteiger partial charge in [0, 0.05) is 18.9 Å². The van der Waals surface area contributed by atoms with Gasteiger partial charge in [-0.1, -0.05) is 12.1 Å².